The van der Waals surface area contributed by atoms with Crippen molar-refractivity contribution in [2.75, 3.05) is 13.6 Å². The summed E-state index contributed by atoms with van der Waals surface area (Å²) in [6.45, 7) is 2.13. The van der Waals surface area contributed by atoms with E-state index in [0.29, 0.717) is 18.5 Å². The third-order valence-electron chi connectivity index (χ3n) is 3.45. The topological polar surface area (TPSA) is 57.6 Å². The van der Waals surface area contributed by atoms with E-state index in [1.807, 2.05) is 24.4 Å². The monoisotopic (exact) mass is 325 g/mol. The highest BCUT2D eigenvalue weighted by Crippen LogP contribution is 2.19. The highest BCUT2D eigenvalue weighted by molar-refractivity contribution is 7.89. The van der Waals surface area contributed by atoms with Crippen molar-refractivity contribution in [2.24, 2.45) is 0 Å². The van der Waals surface area contributed by atoms with E-state index in [2.05, 4.69) is 0 Å². The fourth-order valence-electron chi connectivity index (χ4n) is 2.00. The Bertz CT molecular complexity index is 694. The normalized spacial score (nSPS) is 12.0. The van der Waals surface area contributed by atoms with E-state index in [4.69, 9.17) is 0 Å². The van der Waals surface area contributed by atoms with Crippen LogP contribution in [0.25, 0.3) is 0 Å². The fraction of sp³-hybridized carbons (Fsp3) is 0.333. The predicted octanol–water partition coefficient (Wildman–Crippen LogP) is 2.41. The summed E-state index contributed by atoms with van der Waals surface area (Å²) < 4.78 is 26.4. The molecular weight excluding hydrogens is 306 g/mol. The van der Waals surface area contributed by atoms with Crippen LogP contribution in [-0.4, -0.2) is 31.4 Å². The van der Waals surface area contributed by atoms with E-state index < -0.39 is 10.0 Å². The standard InChI is InChI=1S/C15H19NO3S2/c1-12-5-6-15(10-13(12)11-17)21(18,19)16(2)8-7-14-4-3-9-20-14/h3-6,9-10,17H,7-8,11H2,1-2H3. The second kappa shape index (κ2) is 6.70. The van der Waals surface area contributed by atoms with Crippen LogP contribution in [0.15, 0.2) is 40.6 Å². The molecule has 6 heteroatoms. The molecule has 0 atom stereocenters. The Morgan fingerprint density at radius 3 is 2.67 bits per heavy atom. The summed E-state index contributed by atoms with van der Waals surface area (Å²) >= 11 is 1.62. The first kappa shape index (κ1) is 16.2. The van der Waals surface area contributed by atoms with Gasteiger partial charge in [0.15, 0.2) is 0 Å². The Kier molecular flexibility index (Phi) is 5.16. The number of sulfonamides is 1. The molecule has 0 aliphatic rings. The van der Waals surface area contributed by atoms with Gasteiger partial charge in [0.2, 0.25) is 10.0 Å². The van der Waals surface area contributed by atoms with Gasteiger partial charge in [0, 0.05) is 18.5 Å². The molecule has 0 aliphatic carbocycles. The Morgan fingerprint density at radius 2 is 2.05 bits per heavy atom. The molecule has 4 nitrogen and oxygen atoms in total. The molecule has 0 fully saturated rings. The molecule has 0 amide bonds. The molecule has 1 aromatic carbocycles. The number of aliphatic hydroxyl groups is 1. The zero-order chi connectivity index (χ0) is 15.5. The summed E-state index contributed by atoms with van der Waals surface area (Å²) in [5.74, 6) is 0. The van der Waals surface area contributed by atoms with Crippen LogP contribution in [0.3, 0.4) is 0 Å². The summed E-state index contributed by atoms with van der Waals surface area (Å²) in [7, 11) is -1.93. The van der Waals surface area contributed by atoms with Crippen LogP contribution >= 0.6 is 11.3 Å². The number of rotatable bonds is 6. The molecule has 0 bridgehead atoms. The Morgan fingerprint density at radius 1 is 1.29 bits per heavy atom. The average Bonchev–Trinajstić information content (AvgIpc) is 2.98. The van der Waals surface area contributed by atoms with Gasteiger partial charge < -0.3 is 5.11 Å². The molecule has 1 heterocycles. The largest absolute Gasteiger partial charge is 0.392 e. The molecule has 0 spiro atoms. The summed E-state index contributed by atoms with van der Waals surface area (Å²) in [6, 6.07) is 8.83. The maximum atomic E-state index is 12.5. The van der Waals surface area contributed by atoms with Crippen LogP contribution in [-0.2, 0) is 23.1 Å². The van der Waals surface area contributed by atoms with Crippen LogP contribution in [0.1, 0.15) is 16.0 Å². The first-order valence-corrected chi connectivity index (χ1v) is 8.96. The number of thiophene rings is 1. The van der Waals surface area contributed by atoms with Crippen molar-refractivity contribution in [3.63, 3.8) is 0 Å². The summed E-state index contributed by atoms with van der Waals surface area (Å²) in [4.78, 5) is 1.39. The van der Waals surface area contributed by atoms with Gasteiger partial charge in [-0.25, -0.2) is 12.7 Å². The second-order valence-electron chi connectivity index (χ2n) is 4.90. The van der Waals surface area contributed by atoms with Gasteiger partial charge in [-0.1, -0.05) is 12.1 Å². The number of likely N-dealkylation sites (N-methyl/N-ethyl adjacent to an activating group) is 1. The minimum Gasteiger partial charge on any atom is -0.392 e. The van der Waals surface area contributed by atoms with Crippen LogP contribution < -0.4 is 0 Å². The van der Waals surface area contributed by atoms with Gasteiger partial charge in [0.25, 0.3) is 0 Å². The third kappa shape index (κ3) is 3.71. The van der Waals surface area contributed by atoms with Crippen molar-refractivity contribution in [1.82, 2.24) is 4.31 Å². The zero-order valence-corrected chi connectivity index (χ0v) is 13.7. The molecule has 1 N–H and O–H groups in total. The van der Waals surface area contributed by atoms with E-state index >= 15 is 0 Å². The Balaban J connectivity index is 2.16. The lowest BCUT2D eigenvalue weighted by molar-refractivity contribution is 0.280. The van der Waals surface area contributed by atoms with Gasteiger partial charge in [-0.2, -0.15) is 0 Å². The molecule has 0 radical (unpaired) electrons. The van der Waals surface area contributed by atoms with E-state index in [9.17, 15) is 13.5 Å². The Labute approximate surface area is 129 Å². The lowest BCUT2D eigenvalue weighted by Gasteiger charge is -2.17. The van der Waals surface area contributed by atoms with Gasteiger partial charge in [-0.3, -0.25) is 0 Å². The van der Waals surface area contributed by atoms with Crippen molar-refractivity contribution in [2.45, 2.75) is 24.8 Å². The number of aliphatic hydroxyl groups excluding tert-OH is 1. The first-order valence-electron chi connectivity index (χ1n) is 6.64. The molecule has 2 rings (SSSR count). The van der Waals surface area contributed by atoms with Crippen LogP contribution in [0.5, 0.6) is 0 Å². The maximum Gasteiger partial charge on any atom is 0.242 e. The van der Waals surface area contributed by atoms with Crippen molar-refractivity contribution < 1.29 is 13.5 Å². The second-order valence-corrected chi connectivity index (χ2v) is 7.98. The smallest absolute Gasteiger partial charge is 0.242 e. The average molecular weight is 325 g/mol. The molecule has 0 saturated carbocycles. The lowest BCUT2D eigenvalue weighted by Crippen LogP contribution is -2.29. The molecule has 21 heavy (non-hydrogen) atoms. The molecule has 1 aromatic heterocycles. The highest BCUT2D eigenvalue weighted by atomic mass is 32.2. The van der Waals surface area contributed by atoms with Crippen molar-refractivity contribution >= 4 is 21.4 Å². The quantitative estimate of drug-likeness (QED) is 0.887. The SMILES string of the molecule is Cc1ccc(S(=O)(=O)N(C)CCc2cccs2)cc1CO. The number of hydrogen-bond donors (Lipinski definition) is 1. The summed E-state index contributed by atoms with van der Waals surface area (Å²) in [5, 5.41) is 11.3. The molecular formula is C15H19NO3S2. The predicted molar refractivity (Wildman–Crippen MR) is 84.9 cm³/mol. The minimum atomic E-state index is -3.51. The molecule has 0 aliphatic heterocycles. The molecule has 0 unspecified atom stereocenters. The highest BCUT2D eigenvalue weighted by Gasteiger charge is 2.21. The fourth-order valence-corrected chi connectivity index (χ4v) is 3.92. The molecule has 0 saturated heterocycles. The zero-order valence-electron chi connectivity index (χ0n) is 12.1. The van der Waals surface area contributed by atoms with Crippen molar-refractivity contribution in [3.05, 3.63) is 51.7 Å². The third-order valence-corrected chi connectivity index (χ3v) is 6.24. The van der Waals surface area contributed by atoms with Crippen LogP contribution in [0.2, 0.25) is 0 Å². The van der Waals surface area contributed by atoms with E-state index in [1.165, 1.54) is 4.31 Å². The van der Waals surface area contributed by atoms with Crippen molar-refractivity contribution in [3.8, 4) is 0 Å². The molecule has 2 aromatic rings. The number of benzene rings is 1. The van der Waals surface area contributed by atoms with Gasteiger partial charge in [0.05, 0.1) is 11.5 Å². The number of hydrogen-bond acceptors (Lipinski definition) is 4. The van der Waals surface area contributed by atoms with Gasteiger partial charge in [-0.15, -0.1) is 11.3 Å². The first-order chi connectivity index (χ1) is 9.95. The van der Waals surface area contributed by atoms with Crippen molar-refractivity contribution in [1.29, 1.82) is 0 Å². The summed E-state index contributed by atoms with van der Waals surface area (Å²) in [5.41, 5.74) is 1.53. The maximum absolute atomic E-state index is 12.5. The number of aryl methyl sites for hydroxylation is 1. The minimum absolute atomic E-state index is 0.159. The van der Waals surface area contributed by atoms with Crippen LogP contribution in [0.4, 0.5) is 0 Å². The van der Waals surface area contributed by atoms with E-state index in [1.54, 1.807) is 36.6 Å². The van der Waals surface area contributed by atoms with E-state index in [0.717, 1.165) is 10.4 Å². The van der Waals surface area contributed by atoms with Gasteiger partial charge in [0.1, 0.15) is 0 Å². The molecule has 114 valence electrons. The van der Waals surface area contributed by atoms with Crippen LogP contribution in [0, 0.1) is 6.92 Å². The Hall–Kier alpha value is -1.21. The summed E-state index contributed by atoms with van der Waals surface area (Å²) in [6.07, 6.45) is 0.701. The lowest BCUT2D eigenvalue weighted by atomic mass is 10.1. The van der Waals surface area contributed by atoms with Gasteiger partial charge >= 0.3 is 0 Å². The van der Waals surface area contributed by atoms with E-state index in [-0.39, 0.29) is 11.5 Å². The van der Waals surface area contributed by atoms with Gasteiger partial charge in [-0.05, 0) is 48.1 Å². The number of nitrogens with zero attached hydrogens (tertiary/aromatic N) is 1.